The van der Waals surface area contributed by atoms with Gasteiger partial charge in [0.25, 0.3) is 0 Å². The van der Waals surface area contributed by atoms with Crippen LogP contribution in [0.5, 0.6) is 0 Å². The van der Waals surface area contributed by atoms with Crippen LogP contribution in [0.3, 0.4) is 0 Å². The maximum absolute atomic E-state index is 10.8. The summed E-state index contributed by atoms with van der Waals surface area (Å²) in [6.07, 6.45) is 4.16. The second-order valence-corrected chi connectivity index (χ2v) is 8.12. The summed E-state index contributed by atoms with van der Waals surface area (Å²) in [5.74, 6) is 7.07. The first kappa shape index (κ1) is 17.4. The minimum Gasteiger partial charge on any atom is -0.744 e. The lowest BCUT2D eigenvalue weighted by Gasteiger charge is -2.44. The van der Waals surface area contributed by atoms with E-state index in [0.717, 1.165) is 16.1 Å². The van der Waals surface area contributed by atoms with Crippen LogP contribution in [-0.2, 0) is 10.1 Å². The SMILES string of the molecule is Cc1cc(C)c(S(=O)(=O)[O-])c(C)c1.N[N+]12CCC(CC1)CC2. The number of quaternary nitrogens is 1. The first-order valence-corrected chi connectivity index (χ1v) is 9.20. The van der Waals surface area contributed by atoms with Gasteiger partial charge in [-0.3, -0.25) is 0 Å². The van der Waals surface area contributed by atoms with E-state index in [9.17, 15) is 13.0 Å². The number of rotatable bonds is 1. The highest BCUT2D eigenvalue weighted by molar-refractivity contribution is 7.85. The van der Waals surface area contributed by atoms with E-state index >= 15 is 0 Å². The Morgan fingerprint density at radius 3 is 1.73 bits per heavy atom. The summed E-state index contributed by atoms with van der Waals surface area (Å²) in [5, 5.41) is 0. The third kappa shape index (κ3) is 4.07. The van der Waals surface area contributed by atoms with E-state index in [2.05, 4.69) is 0 Å². The molecule has 2 N–H and O–H groups in total. The van der Waals surface area contributed by atoms with Gasteiger partial charge in [-0.1, -0.05) is 17.7 Å². The first-order valence-electron chi connectivity index (χ1n) is 7.79. The summed E-state index contributed by atoms with van der Waals surface area (Å²) in [6, 6.07) is 3.38. The number of aryl methyl sites for hydroxylation is 3. The van der Waals surface area contributed by atoms with Gasteiger partial charge in [0.2, 0.25) is 0 Å². The average Bonchev–Trinajstić information content (AvgIpc) is 2.37. The van der Waals surface area contributed by atoms with Gasteiger partial charge in [-0.2, -0.15) is 5.84 Å². The molecule has 3 aliphatic heterocycles. The maximum atomic E-state index is 10.8. The summed E-state index contributed by atoms with van der Waals surface area (Å²) in [5.41, 5.74) is 2.00. The monoisotopic (exact) mass is 326 g/mol. The number of hydrogen-bond donors (Lipinski definition) is 1. The van der Waals surface area contributed by atoms with E-state index < -0.39 is 10.1 Å². The van der Waals surface area contributed by atoms with Crippen molar-refractivity contribution in [1.82, 2.24) is 0 Å². The van der Waals surface area contributed by atoms with E-state index in [-0.39, 0.29) is 4.90 Å². The Morgan fingerprint density at radius 1 is 1.05 bits per heavy atom. The molecule has 0 unspecified atom stereocenters. The van der Waals surface area contributed by atoms with Crippen LogP contribution in [-0.4, -0.2) is 37.2 Å². The number of benzene rings is 1. The third-order valence-electron chi connectivity index (χ3n) is 4.80. The van der Waals surface area contributed by atoms with E-state index in [0.29, 0.717) is 11.1 Å². The lowest BCUT2D eigenvalue weighted by atomic mass is 9.88. The van der Waals surface area contributed by atoms with Gasteiger partial charge in [0.15, 0.2) is 0 Å². The molecule has 3 heterocycles. The molecule has 124 valence electrons. The quantitative estimate of drug-likeness (QED) is 0.486. The van der Waals surface area contributed by atoms with Crippen LogP contribution in [0.2, 0.25) is 0 Å². The Morgan fingerprint density at radius 2 is 1.45 bits per heavy atom. The molecule has 3 fully saturated rings. The Kier molecular flexibility index (Phi) is 4.96. The van der Waals surface area contributed by atoms with Crippen LogP contribution in [0, 0.1) is 26.7 Å². The molecule has 0 amide bonds. The van der Waals surface area contributed by atoms with Crippen molar-refractivity contribution >= 4 is 10.1 Å². The van der Waals surface area contributed by atoms with E-state index in [4.69, 9.17) is 5.84 Å². The summed E-state index contributed by atoms with van der Waals surface area (Å²) >= 11 is 0. The summed E-state index contributed by atoms with van der Waals surface area (Å²) in [6.45, 7) is 8.84. The molecule has 4 rings (SSSR count). The standard InChI is InChI=1S/C9H12O3S.C7H15N2/c1-6-4-7(2)9(8(3)5-6)13(10,11)12;8-9-4-1-7(2-5-9)3-6-9/h4-5H,1-3H3,(H,10,11,12);7H,1-6,8H2/q;+1/p-1. The van der Waals surface area contributed by atoms with Crippen LogP contribution in [0.15, 0.2) is 17.0 Å². The molecule has 0 saturated carbocycles. The second-order valence-electron chi connectivity index (χ2n) is 6.80. The molecule has 3 aliphatic rings. The van der Waals surface area contributed by atoms with Crippen molar-refractivity contribution in [2.75, 3.05) is 19.6 Å². The molecule has 5 nitrogen and oxygen atoms in total. The fraction of sp³-hybridized carbons (Fsp3) is 0.625. The minimum absolute atomic E-state index is 0.0851. The molecule has 3 saturated heterocycles. The summed E-state index contributed by atoms with van der Waals surface area (Å²) in [4.78, 5) is -0.0851. The normalized spacial score (nSPS) is 27.2. The molecule has 1 aromatic carbocycles. The predicted molar refractivity (Wildman–Crippen MR) is 85.0 cm³/mol. The lowest BCUT2D eigenvalue weighted by molar-refractivity contribution is -0.954. The van der Waals surface area contributed by atoms with Gasteiger partial charge in [-0.25, -0.2) is 13.0 Å². The van der Waals surface area contributed by atoms with Gasteiger partial charge in [0, 0.05) is 19.3 Å². The molecule has 0 aromatic heterocycles. The van der Waals surface area contributed by atoms with Crippen LogP contribution in [0.1, 0.15) is 36.0 Å². The molecular weight excluding hydrogens is 300 g/mol. The number of piperidine rings is 3. The number of hydrogen-bond acceptors (Lipinski definition) is 4. The molecule has 22 heavy (non-hydrogen) atoms. The van der Waals surface area contributed by atoms with E-state index in [1.807, 2.05) is 6.92 Å². The molecule has 0 radical (unpaired) electrons. The van der Waals surface area contributed by atoms with Gasteiger partial charge in [0.05, 0.1) is 24.5 Å². The molecule has 0 aliphatic carbocycles. The zero-order chi connectivity index (χ0) is 16.5. The van der Waals surface area contributed by atoms with Crippen molar-refractivity contribution in [3.63, 3.8) is 0 Å². The predicted octanol–water partition coefficient (Wildman–Crippen LogP) is 2.01. The summed E-state index contributed by atoms with van der Waals surface area (Å²) in [7, 11) is -4.33. The van der Waals surface area contributed by atoms with Crippen LogP contribution >= 0.6 is 0 Å². The number of nitrogens with zero attached hydrogens (tertiary/aromatic N) is 1. The zero-order valence-electron chi connectivity index (χ0n) is 13.6. The van der Waals surface area contributed by atoms with Crippen molar-refractivity contribution < 1.29 is 17.6 Å². The summed E-state index contributed by atoms with van der Waals surface area (Å²) < 4.78 is 33.4. The molecular formula is C16H26N2O3S. The van der Waals surface area contributed by atoms with Crippen LogP contribution < -0.4 is 5.84 Å². The fourth-order valence-corrected chi connectivity index (χ4v) is 4.56. The third-order valence-corrected chi connectivity index (χ3v) is 5.95. The van der Waals surface area contributed by atoms with Crippen molar-refractivity contribution in [1.29, 1.82) is 0 Å². The molecule has 1 aromatic rings. The largest absolute Gasteiger partial charge is 0.744 e. The van der Waals surface area contributed by atoms with Crippen molar-refractivity contribution in [3.8, 4) is 0 Å². The maximum Gasteiger partial charge on any atom is 0.124 e. The Hall–Kier alpha value is -0.950. The van der Waals surface area contributed by atoms with Crippen molar-refractivity contribution in [3.05, 3.63) is 28.8 Å². The highest BCUT2D eigenvalue weighted by Gasteiger charge is 2.37. The smallest absolute Gasteiger partial charge is 0.124 e. The fourth-order valence-electron chi connectivity index (χ4n) is 3.65. The number of fused-ring (bicyclic) bond motifs is 3. The zero-order valence-corrected chi connectivity index (χ0v) is 14.4. The minimum atomic E-state index is -4.33. The molecule has 2 bridgehead atoms. The average molecular weight is 326 g/mol. The first-order chi connectivity index (χ1) is 10.1. The van der Waals surface area contributed by atoms with Crippen LogP contribution in [0.25, 0.3) is 0 Å². The van der Waals surface area contributed by atoms with Crippen molar-refractivity contribution in [2.45, 2.75) is 44.9 Å². The van der Waals surface area contributed by atoms with Crippen LogP contribution in [0.4, 0.5) is 0 Å². The molecule has 0 atom stereocenters. The van der Waals surface area contributed by atoms with Gasteiger partial charge < -0.3 is 4.55 Å². The molecule has 6 heteroatoms. The van der Waals surface area contributed by atoms with Crippen molar-refractivity contribution in [2.24, 2.45) is 11.8 Å². The Labute approximate surface area is 133 Å². The highest BCUT2D eigenvalue weighted by atomic mass is 32.2. The van der Waals surface area contributed by atoms with Gasteiger partial charge in [-0.15, -0.1) is 0 Å². The van der Waals surface area contributed by atoms with Gasteiger partial charge in [-0.05, 0) is 37.8 Å². The van der Waals surface area contributed by atoms with Gasteiger partial charge in [0.1, 0.15) is 10.1 Å². The second kappa shape index (κ2) is 6.28. The highest BCUT2D eigenvalue weighted by Crippen LogP contribution is 2.29. The van der Waals surface area contributed by atoms with E-state index in [1.54, 1.807) is 26.0 Å². The topological polar surface area (TPSA) is 83.2 Å². The number of nitrogens with two attached hydrogens (primary N) is 1. The molecule has 0 spiro atoms. The van der Waals surface area contributed by atoms with E-state index in [1.165, 1.54) is 38.9 Å². The van der Waals surface area contributed by atoms with Gasteiger partial charge >= 0.3 is 0 Å². The Balaban J connectivity index is 0.000000170. The Bertz CT molecular complexity index is 611. The lowest BCUT2D eigenvalue weighted by Crippen LogP contribution is -2.62.